The molecule has 0 radical (unpaired) electrons. The van der Waals surface area contributed by atoms with Crippen LogP contribution >= 0.6 is 11.6 Å². The third kappa shape index (κ3) is 5.47. The Kier molecular flexibility index (Phi) is 6.72. The van der Waals surface area contributed by atoms with E-state index in [0.717, 1.165) is 5.69 Å². The molecule has 0 aliphatic heterocycles. The normalized spacial score (nSPS) is 10.2. The zero-order valence-corrected chi connectivity index (χ0v) is 13.3. The molecular formula is C17H19ClN2O3. The summed E-state index contributed by atoms with van der Waals surface area (Å²) in [5.41, 5.74) is 1.36. The molecule has 0 saturated carbocycles. The first kappa shape index (κ1) is 17.1. The van der Waals surface area contributed by atoms with Gasteiger partial charge in [-0.25, -0.2) is 0 Å². The first-order valence-corrected chi connectivity index (χ1v) is 7.69. The fourth-order valence-electron chi connectivity index (χ4n) is 1.96. The maximum absolute atomic E-state index is 11.8. The fourth-order valence-corrected chi connectivity index (χ4v) is 2.15. The summed E-state index contributed by atoms with van der Waals surface area (Å²) in [7, 11) is 0. The monoisotopic (exact) mass is 334 g/mol. The van der Waals surface area contributed by atoms with E-state index in [-0.39, 0.29) is 19.1 Å². The number of rotatable bonds is 8. The van der Waals surface area contributed by atoms with Gasteiger partial charge in [0.05, 0.1) is 11.6 Å². The van der Waals surface area contributed by atoms with Crippen LogP contribution in [0.5, 0.6) is 5.75 Å². The van der Waals surface area contributed by atoms with Gasteiger partial charge in [-0.3, -0.25) is 4.79 Å². The molecule has 0 aliphatic rings. The van der Waals surface area contributed by atoms with E-state index in [1.807, 2.05) is 24.3 Å². The predicted molar refractivity (Wildman–Crippen MR) is 91.3 cm³/mol. The molecular weight excluding hydrogens is 316 g/mol. The molecule has 122 valence electrons. The topological polar surface area (TPSA) is 70.6 Å². The van der Waals surface area contributed by atoms with Gasteiger partial charge in [-0.2, -0.15) is 0 Å². The third-order valence-electron chi connectivity index (χ3n) is 3.05. The first-order chi connectivity index (χ1) is 11.2. The van der Waals surface area contributed by atoms with Crippen molar-refractivity contribution < 1.29 is 14.6 Å². The van der Waals surface area contributed by atoms with Crippen LogP contribution in [0.4, 0.5) is 5.69 Å². The number of aliphatic hydroxyl groups is 1. The van der Waals surface area contributed by atoms with Crippen molar-refractivity contribution in [2.75, 3.05) is 31.6 Å². The quantitative estimate of drug-likeness (QED) is 0.649. The lowest BCUT2D eigenvalue weighted by Crippen LogP contribution is -2.26. The van der Waals surface area contributed by atoms with Crippen LogP contribution in [-0.2, 0) is 0 Å². The van der Waals surface area contributed by atoms with Crippen LogP contribution in [0.2, 0.25) is 5.02 Å². The Hall–Kier alpha value is -2.24. The number of aliphatic hydroxyl groups excluding tert-OH is 1. The van der Waals surface area contributed by atoms with E-state index in [2.05, 4.69) is 10.6 Å². The highest BCUT2D eigenvalue weighted by atomic mass is 35.5. The fraction of sp³-hybridized carbons (Fsp3) is 0.235. The minimum atomic E-state index is -0.213. The summed E-state index contributed by atoms with van der Waals surface area (Å²) >= 11 is 6.01. The number of para-hydroxylation sites is 1. The second kappa shape index (κ2) is 9.02. The average molecular weight is 335 g/mol. The summed E-state index contributed by atoms with van der Waals surface area (Å²) in [4.78, 5) is 11.8. The maximum Gasteiger partial charge on any atom is 0.251 e. The molecule has 0 unspecified atom stereocenters. The van der Waals surface area contributed by atoms with E-state index >= 15 is 0 Å². The van der Waals surface area contributed by atoms with E-state index in [4.69, 9.17) is 21.4 Å². The molecule has 2 aromatic carbocycles. The zero-order chi connectivity index (χ0) is 16.5. The van der Waals surface area contributed by atoms with Gasteiger partial charge in [0.2, 0.25) is 0 Å². The Balaban J connectivity index is 1.82. The van der Waals surface area contributed by atoms with E-state index < -0.39 is 0 Å². The van der Waals surface area contributed by atoms with E-state index in [1.54, 1.807) is 24.3 Å². The van der Waals surface area contributed by atoms with Crippen molar-refractivity contribution in [3.8, 4) is 5.75 Å². The summed E-state index contributed by atoms with van der Waals surface area (Å²) in [6, 6.07) is 14.4. The van der Waals surface area contributed by atoms with Gasteiger partial charge in [-0.05, 0) is 30.3 Å². The van der Waals surface area contributed by atoms with E-state index in [1.165, 1.54) is 0 Å². The Labute approximate surface area is 140 Å². The zero-order valence-electron chi connectivity index (χ0n) is 12.6. The highest BCUT2D eigenvalue weighted by Crippen LogP contribution is 2.22. The smallest absolute Gasteiger partial charge is 0.251 e. The number of carbonyl (C=O) groups excluding carboxylic acids is 1. The van der Waals surface area contributed by atoms with Gasteiger partial charge >= 0.3 is 0 Å². The van der Waals surface area contributed by atoms with Crippen molar-refractivity contribution in [3.63, 3.8) is 0 Å². The van der Waals surface area contributed by atoms with Crippen LogP contribution in [0, 0.1) is 0 Å². The van der Waals surface area contributed by atoms with Gasteiger partial charge in [-0.15, -0.1) is 0 Å². The molecule has 3 N–H and O–H groups in total. The first-order valence-electron chi connectivity index (χ1n) is 7.31. The molecule has 1 amide bonds. The van der Waals surface area contributed by atoms with Gasteiger partial charge in [0.15, 0.2) is 0 Å². The molecule has 0 bridgehead atoms. The molecule has 0 fully saturated rings. The highest BCUT2D eigenvalue weighted by Gasteiger charge is 2.05. The van der Waals surface area contributed by atoms with Crippen LogP contribution < -0.4 is 15.4 Å². The number of carbonyl (C=O) groups is 1. The van der Waals surface area contributed by atoms with Crippen LogP contribution in [0.15, 0.2) is 48.5 Å². The maximum atomic E-state index is 11.8. The van der Waals surface area contributed by atoms with Gasteiger partial charge < -0.3 is 20.5 Å². The molecule has 2 rings (SSSR count). The van der Waals surface area contributed by atoms with E-state index in [0.29, 0.717) is 29.5 Å². The number of anilines is 1. The number of nitrogens with one attached hydrogen (secondary N) is 2. The van der Waals surface area contributed by atoms with Crippen LogP contribution in [-0.4, -0.2) is 37.3 Å². The summed E-state index contributed by atoms with van der Waals surface area (Å²) in [6.45, 7) is 1.18. The number of hydrogen-bond donors (Lipinski definition) is 3. The van der Waals surface area contributed by atoms with Crippen LogP contribution in [0.3, 0.4) is 0 Å². The Bertz CT molecular complexity index is 649. The van der Waals surface area contributed by atoms with Crippen molar-refractivity contribution in [1.29, 1.82) is 0 Å². The van der Waals surface area contributed by atoms with Crippen molar-refractivity contribution in [2.24, 2.45) is 0 Å². The van der Waals surface area contributed by atoms with Gasteiger partial charge in [0, 0.05) is 24.3 Å². The summed E-state index contributed by atoms with van der Waals surface area (Å²) in [5, 5.41) is 15.1. The molecule has 2 aromatic rings. The predicted octanol–water partition coefficient (Wildman–Crippen LogP) is 2.55. The second-order valence-electron chi connectivity index (χ2n) is 4.77. The SMILES string of the molecule is O=C(NCCO)c1cccc(NCCOc2ccccc2Cl)c1. The van der Waals surface area contributed by atoms with Crippen LogP contribution in [0.25, 0.3) is 0 Å². The van der Waals surface area contributed by atoms with Crippen molar-refractivity contribution >= 4 is 23.2 Å². The number of benzene rings is 2. The number of amides is 1. The number of hydrogen-bond acceptors (Lipinski definition) is 4. The van der Waals surface area contributed by atoms with Gasteiger partial charge in [0.1, 0.15) is 12.4 Å². The number of ether oxygens (including phenoxy) is 1. The summed E-state index contributed by atoms with van der Waals surface area (Å²) < 4.78 is 5.59. The number of halogens is 1. The second-order valence-corrected chi connectivity index (χ2v) is 5.17. The average Bonchev–Trinajstić information content (AvgIpc) is 2.58. The van der Waals surface area contributed by atoms with Crippen molar-refractivity contribution in [1.82, 2.24) is 5.32 Å². The lowest BCUT2D eigenvalue weighted by atomic mass is 10.2. The van der Waals surface area contributed by atoms with Crippen molar-refractivity contribution in [2.45, 2.75) is 0 Å². The molecule has 0 atom stereocenters. The van der Waals surface area contributed by atoms with Crippen LogP contribution in [0.1, 0.15) is 10.4 Å². The third-order valence-corrected chi connectivity index (χ3v) is 3.36. The molecule has 0 saturated heterocycles. The largest absolute Gasteiger partial charge is 0.490 e. The van der Waals surface area contributed by atoms with Gasteiger partial charge in [0.25, 0.3) is 5.91 Å². The molecule has 5 nitrogen and oxygen atoms in total. The van der Waals surface area contributed by atoms with E-state index in [9.17, 15) is 4.79 Å². The standard InChI is InChI=1S/C17H19ClN2O3/c18-15-6-1-2-7-16(15)23-11-9-19-14-5-3-4-13(12-14)17(22)20-8-10-21/h1-7,12,19,21H,8-11H2,(H,20,22). The van der Waals surface area contributed by atoms with Gasteiger partial charge in [-0.1, -0.05) is 29.8 Å². The minimum Gasteiger partial charge on any atom is -0.490 e. The molecule has 0 heterocycles. The summed E-state index contributed by atoms with van der Waals surface area (Å²) in [5.74, 6) is 0.433. The molecule has 23 heavy (non-hydrogen) atoms. The highest BCUT2D eigenvalue weighted by molar-refractivity contribution is 6.32. The Morgan fingerprint density at radius 1 is 1.13 bits per heavy atom. The lowest BCUT2D eigenvalue weighted by molar-refractivity contribution is 0.0945. The summed E-state index contributed by atoms with van der Waals surface area (Å²) in [6.07, 6.45) is 0. The lowest BCUT2D eigenvalue weighted by Gasteiger charge is -2.10. The van der Waals surface area contributed by atoms with Crippen molar-refractivity contribution in [3.05, 3.63) is 59.1 Å². The Morgan fingerprint density at radius 3 is 2.74 bits per heavy atom. The molecule has 0 spiro atoms. The Morgan fingerprint density at radius 2 is 1.96 bits per heavy atom. The minimum absolute atomic E-state index is 0.0803. The molecule has 0 aromatic heterocycles. The molecule has 6 heteroatoms. The molecule has 0 aliphatic carbocycles.